The van der Waals surface area contributed by atoms with Crippen molar-refractivity contribution in [1.29, 1.82) is 0 Å². The molecule has 0 spiro atoms. The van der Waals surface area contributed by atoms with E-state index in [9.17, 15) is 0 Å². The van der Waals surface area contributed by atoms with E-state index in [0.29, 0.717) is 6.54 Å². The fourth-order valence-corrected chi connectivity index (χ4v) is 1.55. The first-order valence-corrected chi connectivity index (χ1v) is 5.19. The molecule has 0 aliphatic rings. The quantitative estimate of drug-likeness (QED) is 0.791. The maximum Gasteiger partial charge on any atom is 0.0220 e. The van der Waals surface area contributed by atoms with Gasteiger partial charge in [-0.1, -0.05) is 33.6 Å². The third kappa shape index (κ3) is 3.46. The van der Waals surface area contributed by atoms with Gasteiger partial charge in [0.1, 0.15) is 0 Å². The van der Waals surface area contributed by atoms with Gasteiger partial charge in [-0.3, -0.25) is 0 Å². The fourth-order valence-electron chi connectivity index (χ4n) is 1.16. The highest BCUT2D eigenvalue weighted by Gasteiger charge is 1.98. The summed E-state index contributed by atoms with van der Waals surface area (Å²) in [6, 6.07) is 6.35. The predicted molar refractivity (Wildman–Crippen MR) is 59.6 cm³/mol. The molecule has 1 rings (SSSR count). The first-order chi connectivity index (χ1) is 6.24. The smallest absolute Gasteiger partial charge is 0.0220 e. The van der Waals surface area contributed by atoms with Crippen LogP contribution in [0.4, 0.5) is 0 Å². The molecule has 0 bridgehead atoms. The van der Waals surface area contributed by atoms with Crippen LogP contribution in [0.25, 0.3) is 0 Å². The Morgan fingerprint density at radius 3 is 2.92 bits per heavy atom. The molecule has 0 amide bonds. The lowest BCUT2D eigenvalue weighted by atomic mass is 10.1. The molecular weight excluding hydrogens is 228 g/mol. The molecule has 0 atom stereocenters. The van der Waals surface area contributed by atoms with E-state index in [1.165, 1.54) is 11.1 Å². The summed E-state index contributed by atoms with van der Waals surface area (Å²) < 4.78 is 1.16. The summed E-state index contributed by atoms with van der Waals surface area (Å²) in [4.78, 5) is 0. The summed E-state index contributed by atoms with van der Waals surface area (Å²) in [5, 5.41) is 3.26. The van der Waals surface area contributed by atoms with Crippen LogP contribution >= 0.6 is 15.9 Å². The number of hydrogen-bond donors (Lipinski definition) is 2. The molecule has 3 N–H and O–H groups in total. The van der Waals surface area contributed by atoms with Crippen molar-refractivity contribution in [1.82, 2.24) is 5.32 Å². The Morgan fingerprint density at radius 1 is 1.46 bits per heavy atom. The number of hydrogen-bond acceptors (Lipinski definition) is 2. The molecule has 72 valence electrons. The van der Waals surface area contributed by atoms with E-state index in [1.807, 2.05) is 0 Å². The first-order valence-electron chi connectivity index (χ1n) is 4.40. The zero-order chi connectivity index (χ0) is 9.68. The van der Waals surface area contributed by atoms with Gasteiger partial charge in [-0.05, 0) is 18.6 Å². The molecule has 0 saturated carbocycles. The van der Waals surface area contributed by atoms with Crippen molar-refractivity contribution in [2.75, 3.05) is 13.1 Å². The Balaban J connectivity index is 2.59. The lowest BCUT2D eigenvalue weighted by molar-refractivity contribution is 0.693. The number of benzene rings is 1. The number of nitrogens with one attached hydrogen (secondary N) is 1. The van der Waals surface area contributed by atoms with Crippen molar-refractivity contribution in [3.05, 3.63) is 33.8 Å². The van der Waals surface area contributed by atoms with Crippen LogP contribution < -0.4 is 11.1 Å². The van der Waals surface area contributed by atoms with Gasteiger partial charge in [0.05, 0.1) is 0 Å². The lowest BCUT2D eigenvalue weighted by Gasteiger charge is -2.06. The first kappa shape index (κ1) is 10.7. The van der Waals surface area contributed by atoms with Crippen LogP contribution in [0, 0.1) is 6.92 Å². The highest BCUT2D eigenvalue weighted by Crippen LogP contribution is 2.17. The van der Waals surface area contributed by atoms with Gasteiger partial charge >= 0.3 is 0 Å². The summed E-state index contributed by atoms with van der Waals surface area (Å²) in [6.45, 7) is 4.52. The van der Waals surface area contributed by atoms with Gasteiger partial charge in [0.15, 0.2) is 0 Å². The van der Waals surface area contributed by atoms with Crippen molar-refractivity contribution in [3.63, 3.8) is 0 Å². The van der Waals surface area contributed by atoms with Crippen LogP contribution in [-0.2, 0) is 6.54 Å². The molecule has 1 aromatic rings. The molecule has 0 aliphatic heterocycles. The van der Waals surface area contributed by atoms with E-state index >= 15 is 0 Å². The van der Waals surface area contributed by atoms with Gasteiger partial charge in [-0.2, -0.15) is 0 Å². The molecule has 0 unspecified atom stereocenters. The molecule has 0 heterocycles. The largest absolute Gasteiger partial charge is 0.329 e. The Hall–Kier alpha value is -0.380. The second-order valence-electron chi connectivity index (χ2n) is 3.06. The van der Waals surface area contributed by atoms with Crippen molar-refractivity contribution in [2.45, 2.75) is 13.5 Å². The number of nitrogens with two attached hydrogens (primary N) is 1. The molecule has 0 fully saturated rings. The predicted octanol–water partition coefficient (Wildman–Crippen LogP) is 1.81. The van der Waals surface area contributed by atoms with Gasteiger partial charge in [0.2, 0.25) is 0 Å². The summed E-state index contributed by atoms with van der Waals surface area (Å²) in [6.07, 6.45) is 0. The van der Waals surface area contributed by atoms with Crippen molar-refractivity contribution in [3.8, 4) is 0 Å². The molecule has 3 heteroatoms. The third-order valence-electron chi connectivity index (χ3n) is 1.84. The maximum atomic E-state index is 5.39. The topological polar surface area (TPSA) is 38.0 Å². The van der Waals surface area contributed by atoms with Gasteiger partial charge in [-0.25, -0.2) is 0 Å². The monoisotopic (exact) mass is 242 g/mol. The maximum absolute atomic E-state index is 5.39. The number of halogens is 1. The van der Waals surface area contributed by atoms with Crippen molar-refractivity contribution >= 4 is 15.9 Å². The molecule has 0 aliphatic carbocycles. The fraction of sp³-hybridized carbons (Fsp3) is 0.400. The molecule has 0 saturated heterocycles. The SMILES string of the molecule is Cc1ccc(Br)c(CNCCN)c1. The van der Waals surface area contributed by atoms with Gasteiger partial charge in [0.25, 0.3) is 0 Å². The van der Waals surface area contributed by atoms with E-state index in [-0.39, 0.29) is 0 Å². The molecule has 1 aromatic carbocycles. The lowest BCUT2D eigenvalue weighted by Crippen LogP contribution is -2.22. The zero-order valence-electron chi connectivity index (χ0n) is 7.81. The number of rotatable bonds is 4. The van der Waals surface area contributed by atoms with Crippen LogP contribution in [0.15, 0.2) is 22.7 Å². The minimum absolute atomic E-state index is 0.684. The molecule has 13 heavy (non-hydrogen) atoms. The molecular formula is C10H15BrN2. The van der Waals surface area contributed by atoms with E-state index in [0.717, 1.165) is 17.6 Å². The Bertz CT molecular complexity index is 274. The summed E-state index contributed by atoms with van der Waals surface area (Å²) in [5.41, 5.74) is 7.96. The minimum atomic E-state index is 0.684. The van der Waals surface area contributed by atoms with E-state index in [2.05, 4.69) is 46.4 Å². The van der Waals surface area contributed by atoms with Crippen molar-refractivity contribution < 1.29 is 0 Å². The molecule has 0 radical (unpaired) electrons. The zero-order valence-corrected chi connectivity index (χ0v) is 9.39. The van der Waals surface area contributed by atoms with Gasteiger partial charge in [-0.15, -0.1) is 0 Å². The average Bonchev–Trinajstić information content (AvgIpc) is 2.11. The average molecular weight is 243 g/mol. The van der Waals surface area contributed by atoms with Crippen LogP contribution in [0.3, 0.4) is 0 Å². The Kier molecular flexibility index (Phi) is 4.42. The summed E-state index contributed by atoms with van der Waals surface area (Å²) in [7, 11) is 0. The minimum Gasteiger partial charge on any atom is -0.329 e. The molecule has 2 nitrogen and oxygen atoms in total. The van der Waals surface area contributed by atoms with E-state index in [4.69, 9.17) is 5.73 Å². The second kappa shape index (κ2) is 5.37. The Morgan fingerprint density at radius 2 is 2.23 bits per heavy atom. The summed E-state index contributed by atoms with van der Waals surface area (Å²) >= 11 is 3.51. The second-order valence-corrected chi connectivity index (χ2v) is 3.91. The normalized spacial score (nSPS) is 10.4. The third-order valence-corrected chi connectivity index (χ3v) is 2.61. The van der Waals surface area contributed by atoms with Crippen LogP contribution in [-0.4, -0.2) is 13.1 Å². The highest BCUT2D eigenvalue weighted by molar-refractivity contribution is 9.10. The summed E-state index contributed by atoms with van der Waals surface area (Å²) in [5.74, 6) is 0. The van der Waals surface area contributed by atoms with Gasteiger partial charge < -0.3 is 11.1 Å². The van der Waals surface area contributed by atoms with E-state index < -0.39 is 0 Å². The molecule has 0 aromatic heterocycles. The van der Waals surface area contributed by atoms with Crippen LogP contribution in [0.5, 0.6) is 0 Å². The number of aryl methyl sites for hydroxylation is 1. The Labute approximate surface area is 87.6 Å². The standard InChI is InChI=1S/C10H15BrN2/c1-8-2-3-10(11)9(6-8)7-13-5-4-12/h2-3,6,13H,4-5,7,12H2,1H3. The van der Waals surface area contributed by atoms with Gasteiger partial charge in [0, 0.05) is 24.1 Å². The van der Waals surface area contributed by atoms with E-state index in [1.54, 1.807) is 0 Å². The van der Waals surface area contributed by atoms with Crippen LogP contribution in [0.2, 0.25) is 0 Å². The highest BCUT2D eigenvalue weighted by atomic mass is 79.9. The van der Waals surface area contributed by atoms with Crippen molar-refractivity contribution in [2.24, 2.45) is 5.73 Å². The van der Waals surface area contributed by atoms with Crippen LogP contribution in [0.1, 0.15) is 11.1 Å².